The molecule has 9 heteroatoms. The Labute approximate surface area is 153 Å². The van der Waals surface area contributed by atoms with Crippen molar-refractivity contribution in [2.24, 2.45) is 0 Å². The van der Waals surface area contributed by atoms with E-state index in [1.54, 1.807) is 19.1 Å². The third kappa shape index (κ3) is 4.08. The second kappa shape index (κ2) is 7.65. The van der Waals surface area contributed by atoms with Crippen LogP contribution >= 0.6 is 11.6 Å². The number of amides is 1. The van der Waals surface area contributed by atoms with E-state index in [9.17, 15) is 13.6 Å². The average Bonchev–Trinajstić information content (AvgIpc) is 2.60. The van der Waals surface area contributed by atoms with Gasteiger partial charge in [-0.15, -0.1) is 0 Å². The Kier molecular flexibility index (Phi) is 5.32. The van der Waals surface area contributed by atoms with Gasteiger partial charge in [0, 0.05) is 12.1 Å². The van der Waals surface area contributed by atoms with Crippen LogP contribution in [-0.2, 0) is 11.3 Å². The lowest BCUT2D eigenvalue weighted by atomic mass is 10.1. The summed E-state index contributed by atoms with van der Waals surface area (Å²) in [5, 5.41) is 0.0668. The van der Waals surface area contributed by atoms with Gasteiger partial charge in [0.1, 0.15) is 5.75 Å². The van der Waals surface area contributed by atoms with Crippen LogP contribution in [0.3, 0.4) is 0 Å². The summed E-state index contributed by atoms with van der Waals surface area (Å²) in [4.78, 5) is 22.0. The zero-order chi connectivity index (χ0) is 18.7. The first-order valence-corrected chi connectivity index (χ1v) is 7.99. The first-order chi connectivity index (χ1) is 12.4. The number of nitrogens with zero attached hydrogens (tertiary/aromatic N) is 3. The van der Waals surface area contributed by atoms with E-state index in [2.05, 4.69) is 14.7 Å². The topological polar surface area (TPSA) is 64.6 Å². The number of halogens is 3. The van der Waals surface area contributed by atoms with Gasteiger partial charge in [0.2, 0.25) is 0 Å². The Morgan fingerprint density at radius 1 is 1.42 bits per heavy atom. The fourth-order valence-corrected chi connectivity index (χ4v) is 2.52. The molecule has 0 fully saturated rings. The van der Waals surface area contributed by atoms with Crippen molar-refractivity contribution in [1.29, 1.82) is 0 Å². The molecule has 0 radical (unpaired) electrons. The van der Waals surface area contributed by atoms with Gasteiger partial charge in [-0.1, -0.05) is 17.7 Å². The highest BCUT2D eigenvalue weighted by Gasteiger charge is 2.19. The zero-order valence-corrected chi connectivity index (χ0v) is 14.4. The van der Waals surface area contributed by atoms with E-state index < -0.39 is 12.7 Å². The van der Waals surface area contributed by atoms with Gasteiger partial charge in [-0.25, -0.2) is 9.78 Å². The molecular formula is C17H14ClF2N3O3. The summed E-state index contributed by atoms with van der Waals surface area (Å²) in [5.74, 6) is -0.146. The minimum atomic E-state index is -2.99. The van der Waals surface area contributed by atoms with Gasteiger partial charge >= 0.3 is 12.7 Å². The quantitative estimate of drug-likeness (QED) is 0.777. The molecule has 1 aliphatic rings. The Balaban J connectivity index is 1.89. The average molecular weight is 382 g/mol. The van der Waals surface area contributed by atoms with Crippen molar-refractivity contribution >= 4 is 17.7 Å². The third-order valence-corrected chi connectivity index (χ3v) is 4.00. The molecule has 0 N–H and O–H groups in total. The number of aromatic nitrogens is 2. The molecule has 2 aromatic rings. The Bertz CT molecular complexity index is 861. The molecule has 1 aliphatic heterocycles. The van der Waals surface area contributed by atoms with E-state index in [-0.39, 0.29) is 17.3 Å². The van der Waals surface area contributed by atoms with Crippen molar-refractivity contribution in [1.82, 2.24) is 14.9 Å². The van der Waals surface area contributed by atoms with Crippen LogP contribution < -0.4 is 4.74 Å². The van der Waals surface area contributed by atoms with Crippen molar-refractivity contribution in [3.63, 3.8) is 0 Å². The highest BCUT2D eigenvalue weighted by molar-refractivity contribution is 6.32. The van der Waals surface area contributed by atoms with E-state index >= 15 is 0 Å². The number of carbonyl (C=O) groups excluding carboxylic acids is 1. The maximum Gasteiger partial charge on any atom is 0.415 e. The molecule has 3 rings (SSSR count). The number of hydrogen-bond donors (Lipinski definition) is 0. The SMILES string of the molecule is Cc1ncc(-c2ccc(Cl)c(OC(F)F)c2)nc1CN1CC=COC1=O. The largest absolute Gasteiger partial charge is 0.433 e. The Morgan fingerprint density at radius 2 is 2.23 bits per heavy atom. The molecule has 1 amide bonds. The van der Waals surface area contributed by atoms with Crippen molar-refractivity contribution in [3.8, 4) is 17.0 Å². The van der Waals surface area contributed by atoms with Crippen LogP contribution in [0.15, 0.2) is 36.7 Å². The summed E-state index contributed by atoms with van der Waals surface area (Å²) < 4.78 is 34.2. The van der Waals surface area contributed by atoms with Crippen LogP contribution in [0, 0.1) is 6.92 Å². The monoisotopic (exact) mass is 381 g/mol. The molecule has 0 saturated heterocycles. The van der Waals surface area contributed by atoms with Crippen molar-refractivity contribution < 1.29 is 23.0 Å². The van der Waals surface area contributed by atoms with Crippen LogP contribution in [0.5, 0.6) is 5.75 Å². The maximum atomic E-state index is 12.5. The molecule has 6 nitrogen and oxygen atoms in total. The fourth-order valence-electron chi connectivity index (χ4n) is 2.36. The van der Waals surface area contributed by atoms with Crippen molar-refractivity contribution in [2.45, 2.75) is 20.1 Å². The standard InChI is InChI=1S/C17H14ClF2N3O3/c1-10-14(9-23-5-2-6-25-17(23)24)22-13(8-21-10)11-3-4-12(18)15(7-11)26-16(19)20/h2-4,6-8,16H,5,9H2,1H3. The normalized spacial score (nSPS) is 13.9. The summed E-state index contributed by atoms with van der Waals surface area (Å²) in [7, 11) is 0. The predicted molar refractivity (Wildman–Crippen MR) is 89.9 cm³/mol. The molecule has 0 aliphatic carbocycles. The lowest BCUT2D eigenvalue weighted by Crippen LogP contribution is -2.33. The second-order valence-corrected chi connectivity index (χ2v) is 5.85. The van der Waals surface area contributed by atoms with Gasteiger partial charge in [-0.05, 0) is 25.1 Å². The Hall–Kier alpha value is -2.74. The molecule has 0 saturated carbocycles. The minimum absolute atomic E-state index is 0.0668. The molecule has 1 aromatic carbocycles. The van der Waals surface area contributed by atoms with E-state index in [4.69, 9.17) is 16.3 Å². The molecular weight excluding hydrogens is 368 g/mol. The van der Waals surface area contributed by atoms with Crippen LogP contribution in [0.25, 0.3) is 11.3 Å². The van der Waals surface area contributed by atoms with Crippen LogP contribution in [0.1, 0.15) is 11.4 Å². The number of aryl methyl sites for hydroxylation is 1. The molecule has 0 bridgehead atoms. The number of rotatable bonds is 5. The minimum Gasteiger partial charge on any atom is -0.433 e. The maximum absolute atomic E-state index is 12.5. The summed E-state index contributed by atoms with van der Waals surface area (Å²) >= 11 is 5.87. The molecule has 26 heavy (non-hydrogen) atoms. The van der Waals surface area contributed by atoms with Gasteiger partial charge in [-0.2, -0.15) is 8.78 Å². The van der Waals surface area contributed by atoms with Crippen LogP contribution in [-0.4, -0.2) is 34.1 Å². The van der Waals surface area contributed by atoms with E-state index in [1.165, 1.54) is 29.5 Å². The van der Waals surface area contributed by atoms with E-state index in [0.717, 1.165) is 0 Å². The third-order valence-electron chi connectivity index (χ3n) is 3.69. The lowest BCUT2D eigenvalue weighted by molar-refractivity contribution is -0.0497. The summed E-state index contributed by atoms with van der Waals surface area (Å²) in [6.45, 7) is -0.605. The van der Waals surface area contributed by atoms with Gasteiger partial charge in [0.15, 0.2) is 0 Å². The highest BCUT2D eigenvalue weighted by atomic mass is 35.5. The fraction of sp³-hybridized carbons (Fsp3) is 0.235. The molecule has 0 atom stereocenters. The Morgan fingerprint density at radius 3 is 2.96 bits per heavy atom. The zero-order valence-electron chi connectivity index (χ0n) is 13.7. The number of hydrogen-bond acceptors (Lipinski definition) is 5. The summed E-state index contributed by atoms with van der Waals surface area (Å²) in [5.41, 5.74) is 2.18. The smallest absolute Gasteiger partial charge is 0.415 e. The first-order valence-electron chi connectivity index (χ1n) is 7.62. The molecule has 1 aromatic heterocycles. The van der Waals surface area contributed by atoms with Crippen molar-refractivity contribution in [3.05, 3.63) is 53.1 Å². The predicted octanol–water partition coefficient (Wildman–Crippen LogP) is 4.17. The van der Waals surface area contributed by atoms with Gasteiger partial charge in [0.25, 0.3) is 0 Å². The molecule has 2 heterocycles. The number of alkyl halides is 2. The second-order valence-electron chi connectivity index (χ2n) is 5.45. The molecule has 0 spiro atoms. The van der Waals surface area contributed by atoms with Gasteiger partial charge in [0.05, 0.1) is 41.1 Å². The van der Waals surface area contributed by atoms with Gasteiger partial charge in [-0.3, -0.25) is 9.88 Å². The number of ether oxygens (including phenoxy) is 2. The van der Waals surface area contributed by atoms with E-state index in [1.807, 2.05) is 0 Å². The van der Waals surface area contributed by atoms with Crippen LogP contribution in [0.4, 0.5) is 13.6 Å². The van der Waals surface area contributed by atoms with Gasteiger partial charge < -0.3 is 9.47 Å². The molecule has 0 unspecified atom stereocenters. The summed E-state index contributed by atoms with van der Waals surface area (Å²) in [6, 6.07) is 4.44. The summed E-state index contributed by atoms with van der Waals surface area (Å²) in [6.07, 6.45) is 4.09. The lowest BCUT2D eigenvalue weighted by Gasteiger charge is -2.22. The first kappa shape index (κ1) is 18.1. The molecule has 136 valence electrons. The number of cyclic esters (lactones) is 1. The number of carbonyl (C=O) groups is 1. The highest BCUT2D eigenvalue weighted by Crippen LogP contribution is 2.31. The van der Waals surface area contributed by atoms with E-state index in [0.29, 0.717) is 29.2 Å². The van der Waals surface area contributed by atoms with Crippen molar-refractivity contribution in [2.75, 3.05) is 6.54 Å². The number of benzene rings is 1. The van der Waals surface area contributed by atoms with Crippen LogP contribution in [0.2, 0.25) is 5.02 Å².